The zero-order valence-corrected chi connectivity index (χ0v) is 12.9. The molecule has 0 radical (unpaired) electrons. The second-order valence-electron chi connectivity index (χ2n) is 4.61. The Hall–Kier alpha value is -2.24. The predicted molar refractivity (Wildman–Crippen MR) is 79.5 cm³/mol. The van der Waals surface area contributed by atoms with E-state index in [1.165, 1.54) is 31.2 Å². The van der Waals surface area contributed by atoms with Crippen LogP contribution in [0.4, 0.5) is 0 Å². The summed E-state index contributed by atoms with van der Waals surface area (Å²) >= 11 is 0. The number of rotatable bonds is 6. The normalized spacial score (nSPS) is 10.1. The number of benzene rings is 1. The lowest BCUT2D eigenvalue weighted by molar-refractivity contribution is -0.131. The van der Waals surface area contributed by atoms with E-state index < -0.39 is 5.91 Å². The van der Waals surface area contributed by atoms with E-state index in [1.54, 1.807) is 11.0 Å². The number of phenols is 1. The van der Waals surface area contributed by atoms with Gasteiger partial charge in [0, 0.05) is 20.1 Å². The van der Waals surface area contributed by atoms with Crippen LogP contribution in [0.3, 0.4) is 0 Å². The standard InChI is InChI=1S/C15H22N2O4/c1-5-17(6-2)14(19)10-16(3)15(20)12-9-11(21-4)7-8-13(12)18/h7-9,18H,5-6,10H2,1-4H3. The lowest BCUT2D eigenvalue weighted by Gasteiger charge is -2.23. The van der Waals surface area contributed by atoms with E-state index in [0.29, 0.717) is 18.8 Å². The third-order valence-electron chi connectivity index (χ3n) is 3.27. The van der Waals surface area contributed by atoms with Gasteiger partial charge in [0.25, 0.3) is 5.91 Å². The van der Waals surface area contributed by atoms with Crippen molar-refractivity contribution in [1.29, 1.82) is 0 Å². The van der Waals surface area contributed by atoms with Crippen molar-refractivity contribution in [2.75, 3.05) is 33.8 Å². The maximum Gasteiger partial charge on any atom is 0.257 e. The lowest BCUT2D eigenvalue weighted by Crippen LogP contribution is -2.41. The van der Waals surface area contributed by atoms with Crippen molar-refractivity contribution >= 4 is 11.8 Å². The van der Waals surface area contributed by atoms with E-state index in [9.17, 15) is 14.7 Å². The molecule has 1 aromatic rings. The number of methoxy groups -OCH3 is 1. The van der Waals surface area contributed by atoms with Crippen LogP contribution < -0.4 is 4.74 Å². The summed E-state index contributed by atoms with van der Waals surface area (Å²) in [5, 5.41) is 9.79. The SMILES string of the molecule is CCN(CC)C(=O)CN(C)C(=O)c1cc(OC)ccc1O. The van der Waals surface area contributed by atoms with Gasteiger partial charge in [0.15, 0.2) is 0 Å². The van der Waals surface area contributed by atoms with Gasteiger partial charge < -0.3 is 19.6 Å². The molecule has 6 nitrogen and oxygen atoms in total. The van der Waals surface area contributed by atoms with Gasteiger partial charge in [-0.05, 0) is 32.0 Å². The molecular formula is C15H22N2O4. The number of nitrogens with zero attached hydrogens (tertiary/aromatic N) is 2. The van der Waals surface area contributed by atoms with Crippen molar-refractivity contribution in [3.63, 3.8) is 0 Å². The van der Waals surface area contributed by atoms with Gasteiger partial charge in [-0.1, -0.05) is 0 Å². The first-order valence-electron chi connectivity index (χ1n) is 6.84. The van der Waals surface area contributed by atoms with Crippen LogP contribution in [0.1, 0.15) is 24.2 Å². The van der Waals surface area contributed by atoms with Gasteiger partial charge in [-0.25, -0.2) is 0 Å². The fourth-order valence-electron chi connectivity index (χ4n) is 1.97. The van der Waals surface area contributed by atoms with Gasteiger partial charge in [0.2, 0.25) is 5.91 Å². The van der Waals surface area contributed by atoms with E-state index in [1.807, 2.05) is 13.8 Å². The van der Waals surface area contributed by atoms with Crippen LogP contribution in [0, 0.1) is 0 Å². The van der Waals surface area contributed by atoms with Gasteiger partial charge in [0.05, 0.1) is 19.2 Å². The Morgan fingerprint density at radius 3 is 2.38 bits per heavy atom. The molecule has 0 bridgehead atoms. The number of phenolic OH excluding ortho intramolecular Hbond substituents is 1. The van der Waals surface area contributed by atoms with E-state index >= 15 is 0 Å². The van der Waals surface area contributed by atoms with Crippen LogP contribution in [0.5, 0.6) is 11.5 Å². The molecular weight excluding hydrogens is 272 g/mol. The van der Waals surface area contributed by atoms with Gasteiger partial charge in [-0.3, -0.25) is 9.59 Å². The minimum Gasteiger partial charge on any atom is -0.507 e. The zero-order valence-electron chi connectivity index (χ0n) is 12.9. The second kappa shape index (κ2) is 7.52. The van der Waals surface area contributed by atoms with Crippen molar-refractivity contribution in [2.45, 2.75) is 13.8 Å². The highest BCUT2D eigenvalue weighted by Crippen LogP contribution is 2.23. The summed E-state index contributed by atoms with van der Waals surface area (Å²) in [5.74, 6) is -0.215. The van der Waals surface area contributed by atoms with Crippen molar-refractivity contribution < 1.29 is 19.4 Å². The van der Waals surface area contributed by atoms with Gasteiger partial charge >= 0.3 is 0 Å². The van der Waals surface area contributed by atoms with E-state index in [0.717, 1.165) is 0 Å². The fourth-order valence-corrected chi connectivity index (χ4v) is 1.97. The maximum atomic E-state index is 12.3. The molecule has 0 saturated heterocycles. The fraction of sp³-hybridized carbons (Fsp3) is 0.467. The minimum atomic E-state index is -0.424. The maximum absolute atomic E-state index is 12.3. The monoisotopic (exact) mass is 294 g/mol. The summed E-state index contributed by atoms with van der Waals surface area (Å²) in [6.45, 7) is 4.94. The van der Waals surface area contributed by atoms with Crippen LogP contribution in [-0.4, -0.2) is 60.5 Å². The molecule has 0 atom stereocenters. The van der Waals surface area contributed by atoms with Gasteiger partial charge in [-0.2, -0.15) is 0 Å². The summed E-state index contributed by atoms with van der Waals surface area (Å²) in [7, 11) is 3.01. The number of carbonyl (C=O) groups excluding carboxylic acids is 2. The second-order valence-corrected chi connectivity index (χ2v) is 4.61. The lowest BCUT2D eigenvalue weighted by atomic mass is 10.1. The number of amides is 2. The van der Waals surface area contributed by atoms with E-state index in [-0.39, 0.29) is 23.8 Å². The third kappa shape index (κ3) is 4.11. The molecule has 1 aromatic carbocycles. The molecule has 0 heterocycles. The minimum absolute atomic E-state index is 0.0306. The Morgan fingerprint density at radius 2 is 1.86 bits per heavy atom. The molecule has 0 aliphatic heterocycles. The van der Waals surface area contributed by atoms with Crippen LogP contribution >= 0.6 is 0 Å². The average molecular weight is 294 g/mol. The molecule has 116 valence electrons. The van der Waals surface area contributed by atoms with Crippen LogP contribution in [0.2, 0.25) is 0 Å². The summed E-state index contributed by atoms with van der Waals surface area (Å²) < 4.78 is 5.04. The van der Waals surface area contributed by atoms with Gasteiger partial charge in [0.1, 0.15) is 11.5 Å². The Labute approximate surface area is 124 Å². The van der Waals surface area contributed by atoms with Gasteiger partial charge in [-0.15, -0.1) is 0 Å². The molecule has 6 heteroatoms. The van der Waals surface area contributed by atoms with Crippen molar-refractivity contribution in [2.24, 2.45) is 0 Å². The molecule has 0 aliphatic rings. The Morgan fingerprint density at radius 1 is 1.24 bits per heavy atom. The molecule has 1 rings (SSSR count). The largest absolute Gasteiger partial charge is 0.507 e. The summed E-state index contributed by atoms with van der Waals surface area (Å²) in [5.41, 5.74) is 0.115. The molecule has 0 fully saturated rings. The first-order valence-corrected chi connectivity index (χ1v) is 6.84. The number of ether oxygens (including phenoxy) is 1. The van der Waals surface area contributed by atoms with Crippen LogP contribution in [-0.2, 0) is 4.79 Å². The van der Waals surface area contributed by atoms with Crippen molar-refractivity contribution in [3.05, 3.63) is 23.8 Å². The average Bonchev–Trinajstić information content (AvgIpc) is 2.48. The summed E-state index contributed by atoms with van der Waals surface area (Å²) in [4.78, 5) is 27.2. The molecule has 0 unspecified atom stereocenters. The number of hydrogen-bond acceptors (Lipinski definition) is 4. The van der Waals surface area contributed by atoms with E-state index in [2.05, 4.69) is 0 Å². The molecule has 2 amide bonds. The topological polar surface area (TPSA) is 70.1 Å². The molecule has 0 aromatic heterocycles. The first kappa shape index (κ1) is 16.8. The Kier molecular flexibility index (Phi) is 6.02. The smallest absolute Gasteiger partial charge is 0.257 e. The van der Waals surface area contributed by atoms with Crippen molar-refractivity contribution in [3.8, 4) is 11.5 Å². The Balaban J connectivity index is 2.85. The van der Waals surface area contributed by atoms with Crippen LogP contribution in [0.25, 0.3) is 0 Å². The number of likely N-dealkylation sites (N-methyl/N-ethyl adjacent to an activating group) is 2. The molecule has 0 spiro atoms. The predicted octanol–water partition coefficient (Wildman–Crippen LogP) is 1.34. The number of carbonyl (C=O) groups is 2. The highest BCUT2D eigenvalue weighted by Gasteiger charge is 2.20. The van der Waals surface area contributed by atoms with Crippen LogP contribution in [0.15, 0.2) is 18.2 Å². The number of aromatic hydroxyl groups is 1. The summed E-state index contributed by atoms with van der Waals surface area (Å²) in [6.07, 6.45) is 0. The molecule has 0 aliphatic carbocycles. The molecule has 21 heavy (non-hydrogen) atoms. The highest BCUT2D eigenvalue weighted by atomic mass is 16.5. The summed E-state index contributed by atoms with van der Waals surface area (Å²) in [6, 6.07) is 4.41. The van der Waals surface area contributed by atoms with Crippen molar-refractivity contribution in [1.82, 2.24) is 9.80 Å². The molecule has 0 saturated carbocycles. The highest BCUT2D eigenvalue weighted by molar-refractivity contribution is 5.98. The van der Waals surface area contributed by atoms with E-state index in [4.69, 9.17) is 4.74 Å². The number of hydrogen-bond donors (Lipinski definition) is 1. The zero-order chi connectivity index (χ0) is 16.0. The Bertz CT molecular complexity index is 512. The third-order valence-corrected chi connectivity index (χ3v) is 3.27. The molecule has 1 N–H and O–H groups in total. The quantitative estimate of drug-likeness (QED) is 0.859. The first-order chi connectivity index (χ1) is 9.94.